The molecule has 0 spiro atoms. The lowest BCUT2D eigenvalue weighted by Gasteiger charge is -2.19. The van der Waals surface area contributed by atoms with Gasteiger partial charge in [-0.3, -0.25) is 4.68 Å². The zero-order chi connectivity index (χ0) is 10.7. The van der Waals surface area contributed by atoms with Crippen molar-refractivity contribution in [2.24, 2.45) is 5.92 Å². The molecule has 0 amide bonds. The molecule has 2 fully saturated rings. The maximum atomic E-state index is 4.83. The maximum Gasteiger partial charge on any atom is 0.0688 e. The summed E-state index contributed by atoms with van der Waals surface area (Å²) in [4.78, 5) is 0. The summed E-state index contributed by atoms with van der Waals surface area (Å²) in [5.41, 5.74) is 2.86. The summed E-state index contributed by atoms with van der Waals surface area (Å²) in [5, 5.41) is 8.52. The highest BCUT2D eigenvalue weighted by molar-refractivity contribution is 5.28. The van der Waals surface area contributed by atoms with Crippen LogP contribution in [-0.4, -0.2) is 15.8 Å². The highest BCUT2D eigenvalue weighted by Gasteiger charge is 2.36. The lowest BCUT2D eigenvalue weighted by Crippen LogP contribution is -2.31. The Hall–Kier alpha value is -0.830. The van der Waals surface area contributed by atoms with E-state index in [9.17, 15) is 0 Å². The molecule has 16 heavy (non-hydrogen) atoms. The molecule has 1 saturated carbocycles. The van der Waals surface area contributed by atoms with Gasteiger partial charge in [0, 0.05) is 30.3 Å². The van der Waals surface area contributed by atoms with E-state index in [0.29, 0.717) is 18.1 Å². The van der Waals surface area contributed by atoms with E-state index >= 15 is 0 Å². The van der Waals surface area contributed by atoms with Gasteiger partial charge in [-0.2, -0.15) is 5.10 Å². The SMILES string of the molecule is C[C@H](C1CC1)n1cc2c(n1)C[C@H]1CC[C@H]2N1. The van der Waals surface area contributed by atoms with Gasteiger partial charge in [0.25, 0.3) is 0 Å². The van der Waals surface area contributed by atoms with Crippen molar-refractivity contribution in [2.75, 3.05) is 0 Å². The lowest BCUT2D eigenvalue weighted by atomic mass is 10.0. The summed E-state index contributed by atoms with van der Waals surface area (Å²) in [6.45, 7) is 2.32. The summed E-state index contributed by atoms with van der Waals surface area (Å²) in [6.07, 6.45) is 8.90. The van der Waals surface area contributed by atoms with Gasteiger partial charge in [-0.15, -0.1) is 0 Å². The average Bonchev–Trinajstić information content (AvgIpc) is 2.93. The minimum absolute atomic E-state index is 0.605. The molecule has 0 unspecified atom stereocenters. The van der Waals surface area contributed by atoms with Crippen molar-refractivity contribution in [1.82, 2.24) is 15.1 Å². The molecular weight excluding hydrogens is 198 g/mol. The van der Waals surface area contributed by atoms with Crippen LogP contribution in [0, 0.1) is 5.92 Å². The van der Waals surface area contributed by atoms with Crippen molar-refractivity contribution < 1.29 is 0 Å². The normalized spacial score (nSPS) is 33.8. The van der Waals surface area contributed by atoms with E-state index in [0.717, 1.165) is 12.3 Å². The summed E-state index contributed by atoms with van der Waals surface area (Å²) in [5.74, 6) is 0.895. The van der Waals surface area contributed by atoms with Crippen molar-refractivity contribution in [3.05, 3.63) is 17.5 Å². The molecule has 4 rings (SSSR count). The Morgan fingerprint density at radius 2 is 2.25 bits per heavy atom. The van der Waals surface area contributed by atoms with E-state index in [-0.39, 0.29) is 0 Å². The molecule has 1 aliphatic carbocycles. The van der Waals surface area contributed by atoms with Gasteiger partial charge in [0.1, 0.15) is 0 Å². The van der Waals surface area contributed by atoms with E-state index < -0.39 is 0 Å². The van der Waals surface area contributed by atoms with E-state index in [1.54, 1.807) is 0 Å². The number of fused-ring (bicyclic) bond motifs is 4. The first-order valence-corrected chi connectivity index (χ1v) is 6.65. The Morgan fingerprint density at radius 1 is 1.38 bits per heavy atom. The zero-order valence-electron chi connectivity index (χ0n) is 9.82. The number of rotatable bonds is 2. The van der Waals surface area contributed by atoms with Crippen molar-refractivity contribution in [3.63, 3.8) is 0 Å². The zero-order valence-corrected chi connectivity index (χ0v) is 9.82. The van der Waals surface area contributed by atoms with E-state index in [1.165, 1.54) is 36.9 Å². The molecule has 1 aromatic heterocycles. The van der Waals surface area contributed by atoms with Crippen LogP contribution >= 0.6 is 0 Å². The fourth-order valence-corrected chi connectivity index (χ4v) is 3.35. The van der Waals surface area contributed by atoms with Crippen LogP contribution in [-0.2, 0) is 6.42 Å². The molecule has 3 heteroatoms. The molecule has 0 radical (unpaired) electrons. The monoisotopic (exact) mass is 217 g/mol. The minimum atomic E-state index is 0.605. The molecule has 3 heterocycles. The van der Waals surface area contributed by atoms with E-state index in [2.05, 4.69) is 23.1 Å². The van der Waals surface area contributed by atoms with Crippen molar-refractivity contribution in [3.8, 4) is 0 Å². The molecule has 3 atom stereocenters. The standard InChI is InChI=1S/C13H19N3/c1-8(9-2-3-9)16-7-11-12-5-4-10(14-12)6-13(11)15-16/h7-10,12,14H,2-6H2,1H3/t8-,10-,12-/m1/s1. The molecule has 86 valence electrons. The third kappa shape index (κ3) is 1.27. The number of hydrogen-bond donors (Lipinski definition) is 1. The molecular formula is C13H19N3. The highest BCUT2D eigenvalue weighted by Crippen LogP contribution is 2.41. The van der Waals surface area contributed by atoms with Crippen LogP contribution in [0.4, 0.5) is 0 Å². The largest absolute Gasteiger partial charge is 0.307 e. The second-order valence-electron chi connectivity index (χ2n) is 5.79. The highest BCUT2D eigenvalue weighted by atomic mass is 15.3. The summed E-state index contributed by atoms with van der Waals surface area (Å²) >= 11 is 0. The van der Waals surface area contributed by atoms with E-state index in [1.807, 2.05) is 0 Å². The number of nitrogens with one attached hydrogen (secondary N) is 1. The van der Waals surface area contributed by atoms with Gasteiger partial charge in [0.05, 0.1) is 11.7 Å². The Labute approximate surface area is 96.2 Å². The predicted octanol–water partition coefficient (Wildman–Crippen LogP) is 2.20. The van der Waals surface area contributed by atoms with Gasteiger partial charge in [0.15, 0.2) is 0 Å². The summed E-state index contributed by atoms with van der Waals surface area (Å²) in [7, 11) is 0. The molecule has 0 aromatic carbocycles. The fraction of sp³-hybridized carbons (Fsp3) is 0.769. The number of hydrogen-bond acceptors (Lipinski definition) is 2. The molecule has 1 saturated heterocycles. The Morgan fingerprint density at radius 3 is 3.06 bits per heavy atom. The lowest BCUT2D eigenvalue weighted by molar-refractivity contribution is 0.434. The number of nitrogens with zero attached hydrogens (tertiary/aromatic N) is 2. The average molecular weight is 217 g/mol. The first kappa shape index (κ1) is 9.23. The third-order valence-corrected chi connectivity index (χ3v) is 4.62. The fourth-order valence-electron chi connectivity index (χ4n) is 3.35. The van der Waals surface area contributed by atoms with Gasteiger partial charge >= 0.3 is 0 Å². The Kier molecular flexibility index (Phi) is 1.79. The molecule has 3 aliphatic rings. The molecule has 2 bridgehead atoms. The number of aromatic nitrogens is 2. The van der Waals surface area contributed by atoms with Crippen LogP contribution in [0.1, 0.15) is 55.9 Å². The van der Waals surface area contributed by atoms with Gasteiger partial charge in [-0.25, -0.2) is 0 Å². The summed E-state index contributed by atoms with van der Waals surface area (Å²) < 4.78 is 2.24. The molecule has 2 aliphatic heterocycles. The van der Waals surface area contributed by atoms with Crippen LogP contribution in [0.2, 0.25) is 0 Å². The smallest absolute Gasteiger partial charge is 0.0688 e. The minimum Gasteiger partial charge on any atom is -0.307 e. The predicted molar refractivity (Wildman–Crippen MR) is 62.3 cm³/mol. The molecule has 1 N–H and O–H groups in total. The molecule has 1 aromatic rings. The van der Waals surface area contributed by atoms with Gasteiger partial charge in [-0.1, -0.05) is 0 Å². The van der Waals surface area contributed by atoms with Gasteiger partial charge in [0.2, 0.25) is 0 Å². The van der Waals surface area contributed by atoms with Crippen LogP contribution < -0.4 is 5.32 Å². The third-order valence-electron chi connectivity index (χ3n) is 4.62. The maximum absolute atomic E-state index is 4.83. The van der Waals surface area contributed by atoms with Gasteiger partial charge < -0.3 is 5.32 Å². The van der Waals surface area contributed by atoms with Crippen molar-refractivity contribution in [1.29, 1.82) is 0 Å². The van der Waals surface area contributed by atoms with Crippen molar-refractivity contribution in [2.45, 2.75) is 57.2 Å². The second kappa shape index (κ2) is 3.10. The second-order valence-corrected chi connectivity index (χ2v) is 5.79. The first-order valence-electron chi connectivity index (χ1n) is 6.65. The van der Waals surface area contributed by atoms with E-state index in [4.69, 9.17) is 5.10 Å². The van der Waals surface area contributed by atoms with Crippen LogP contribution in [0.15, 0.2) is 6.20 Å². The van der Waals surface area contributed by atoms with Gasteiger partial charge in [-0.05, 0) is 38.5 Å². The quantitative estimate of drug-likeness (QED) is 0.823. The molecule has 3 nitrogen and oxygen atoms in total. The topological polar surface area (TPSA) is 29.9 Å². The Bertz CT molecular complexity index is 419. The van der Waals surface area contributed by atoms with Crippen LogP contribution in [0.5, 0.6) is 0 Å². The van der Waals surface area contributed by atoms with Crippen LogP contribution in [0.25, 0.3) is 0 Å². The van der Waals surface area contributed by atoms with Crippen LogP contribution in [0.3, 0.4) is 0 Å². The Balaban J connectivity index is 1.69. The first-order chi connectivity index (χ1) is 7.81. The van der Waals surface area contributed by atoms with Crippen molar-refractivity contribution >= 4 is 0 Å². The summed E-state index contributed by atoms with van der Waals surface area (Å²) in [6, 6.07) is 1.93.